The average Bonchev–Trinajstić information content (AvgIpc) is 4.02. The highest BCUT2D eigenvalue weighted by Gasteiger charge is 2.42. The van der Waals surface area contributed by atoms with Gasteiger partial charge >= 0.3 is 0 Å². The second kappa shape index (κ2) is 12.5. The standard InChI is InChI=1S/C64H36BN3/c1-3-14-37(15-4-1)39-28-30-54-49(32-39)50-33-40(38-16-5-2-6-17-38)29-31-55(50)66(54)42-35-57-62-58(36-42)68-56-27-13-23-47-44-20-8-7-19-43(44)46-22-11-18-41-34-52(64(68)61(59(41)46)60(47)56)65(62)51-25-12-24-48-45-21-9-10-26-53(45)67(57)63(48)51/h1-36H. The van der Waals surface area contributed by atoms with Crippen molar-refractivity contribution in [3.8, 4) is 61.6 Å². The Kier molecular flexibility index (Phi) is 6.52. The topological polar surface area (TPSA) is 14.8 Å². The molecular weight excluding hydrogens is 822 g/mol. The van der Waals surface area contributed by atoms with Gasteiger partial charge in [0.15, 0.2) is 0 Å². The molecule has 17 rings (SSSR count). The van der Waals surface area contributed by atoms with Crippen LogP contribution in [-0.4, -0.2) is 20.4 Å². The van der Waals surface area contributed by atoms with E-state index in [1.807, 2.05) is 0 Å². The van der Waals surface area contributed by atoms with Crippen molar-refractivity contribution in [2.75, 3.05) is 0 Å². The van der Waals surface area contributed by atoms with E-state index in [9.17, 15) is 0 Å². The van der Waals surface area contributed by atoms with Crippen molar-refractivity contribution < 1.29 is 0 Å². The van der Waals surface area contributed by atoms with Gasteiger partial charge in [-0.1, -0.05) is 170 Å². The van der Waals surface area contributed by atoms with Gasteiger partial charge in [0.25, 0.3) is 6.71 Å². The number of aromatic nitrogens is 3. The molecule has 0 atom stereocenters. The predicted octanol–water partition coefficient (Wildman–Crippen LogP) is 14.3. The molecule has 14 aromatic rings. The van der Waals surface area contributed by atoms with Crippen molar-refractivity contribution >= 4 is 99.3 Å². The summed E-state index contributed by atoms with van der Waals surface area (Å²) in [5.74, 6) is 0. The lowest BCUT2D eigenvalue weighted by Crippen LogP contribution is -2.59. The number of nitrogens with zero attached hydrogens (tertiary/aromatic N) is 3. The van der Waals surface area contributed by atoms with Crippen LogP contribution in [-0.2, 0) is 0 Å². The van der Waals surface area contributed by atoms with E-state index in [4.69, 9.17) is 0 Å². The average molecular weight is 858 g/mol. The highest BCUT2D eigenvalue weighted by Crippen LogP contribution is 2.51. The van der Waals surface area contributed by atoms with Crippen LogP contribution in [0.5, 0.6) is 0 Å². The van der Waals surface area contributed by atoms with Crippen LogP contribution in [0.1, 0.15) is 0 Å². The minimum atomic E-state index is 0.0218. The maximum Gasteiger partial charge on any atom is 0.252 e. The SMILES string of the molecule is c1ccc(-c2ccc3c(c2)c2cc(-c4ccccc4)ccc2n3-c2cc3c4c(c2)-n2c5cccc6c5c5c7c(cccc7cc(c52)B4c2cccc4c5ccccc5n-3c24)-c2ccccc2-6)cc1. The first-order valence-electron chi connectivity index (χ1n) is 23.8. The third-order valence-electron chi connectivity index (χ3n) is 15.9. The van der Waals surface area contributed by atoms with Crippen LogP contribution < -0.4 is 16.4 Å². The van der Waals surface area contributed by atoms with E-state index in [-0.39, 0.29) is 6.71 Å². The van der Waals surface area contributed by atoms with Gasteiger partial charge in [0.2, 0.25) is 0 Å². The van der Waals surface area contributed by atoms with Gasteiger partial charge in [-0.15, -0.1) is 0 Å². The summed E-state index contributed by atoms with van der Waals surface area (Å²) in [5, 5.41) is 10.4. The van der Waals surface area contributed by atoms with E-state index >= 15 is 0 Å². The first-order valence-corrected chi connectivity index (χ1v) is 23.8. The van der Waals surface area contributed by atoms with Crippen LogP contribution in [0.3, 0.4) is 0 Å². The van der Waals surface area contributed by atoms with Crippen molar-refractivity contribution in [3.05, 3.63) is 218 Å². The van der Waals surface area contributed by atoms with Gasteiger partial charge < -0.3 is 13.7 Å². The van der Waals surface area contributed by atoms with Crippen molar-refractivity contribution in [2.45, 2.75) is 0 Å². The fraction of sp³-hybridized carbons (Fsp3) is 0. The fourth-order valence-electron chi connectivity index (χ4n) is 13.3. The molecule has 3 nitrogen and oxygen atoms in total. The third kappa shape index (κ3) is 4.28. The van der Waals surface area contributed by atoms with E-state index in [0.29, 0.717) is 0 Å². The molecule has 0 amide bonds. The maximum absolute atomic E-state index is 2.66. The van der Waals surface area contributed by atoms with Crippen LogP contribution in [0.4, 0.5) is 0 Å². The molecule has 68 heavy (non-hydrogen) atoms. The molecule has 310 valence electrons. The smallest absolute Gasteiger partial charge is 0.252 e. The minimum Gasteiger partial charge on any atom is -0.310 e. The maximum atomic E-state index is 2.66. The number of hydrogen-bond acceptors (Lipinski definition) is 0. The molecule has 0 unspecified atom stereocenters. The van der Waals surface area contributed by atoms with E-state index in [1.54, 1.807) is 0 Å². The first kappa shape index (κ1) is 35.4. The number of fused-ring (bicyclic) bond motifs is 14. The molecule has 0 saturated carbocycles. The Morgan fingerprint density at radius 1 is 0.294 bits per heavy atom. The number of para-hydroxylation sites is 2. The number of hydrogen-bond donors (Lipinski definition) is 0. The monoisotopic (exact) mass is 857 g/mol. The Hall–Kier alpha value is -8.86. The molecule has 3 aromatic heterocycles. The van der Waals surface area contributed by atoms with Gasteiger partial charge in [-0.3, -0.25) is 0 Å². The molecule has 0 radical (unpaired) electrons. The summed E-state index contributed by atoms with van der Waals surface area (Å²) in [6.45, 7) is 0.0218. The zero-order valence-electron chi connectivity index (χ0n) is 36.7. The van der Waals surface area contributed by atoms with Crippen molar-refractivity contribution in [3.63, 3.8) is 0 Å². The quantitative estimate of drug-likeness (QED) is 0.157. The summed E-state index contributed by atoms with van der Waals surface area (Å²) in [5.41, 5.74) is 25.3. The molecule has 1 aliphatic carbocycles. The summed E-state index contributed by atoms with van der Waals surface area (Å²) < 4.78 is 7.81. The summed E-state index contributed by atoms with van der Waals surface area (Å²) in [6, 6.07) is 82.5. The van der Waals surface area contributed by atoms with Crippen LogP contribution >= 0.6 is 0 Å². The Morgan fingerprint density at radius 2 is 0.838 bits per heavy atom. The zero-order valence-corrected chi connectivity index (χ0v) is 36.7. The molecule has 3 aliphatic rings. The summed E-state index contributed by atoms with van der Waals surface area (Å²) in [7, 11) is 0. The van der Waals surface area contributed by atoms with Crippen molar-refractivity contribution in [1.29, 1.82) is 0 Å². The molecular formula is C64H36BN3. The largest absolute Gasteiger partial charge is 0.310 e. The van der Waals surface area contributed by atoms with Crippen LogP contribution in [0, 0.1) is 0 Å². The van der Waals surface area contributed by atoms with Crippen LogP contribution in [0.25, 0.3) is 138 Å². The molecule has 0 N–H and O–H groups in total. The Balaban J connectivity index is 1.06. The zero-order chi connectivity index (χ0) is 43.9. The lowest BCUT2D eigenvalue weighted by molar-refractivity contribution is 1.10. The molecule has 0 saturated heterocycles. The summed E-state index contributed by atoms with van der Waals surface area (Å²) in [6.07, 6.45) is 0. The minimum absolute atomic E-state index is 0.0218. The van der Waals surface area contributed by atoms with Gasteiger partial charge in [0.1, 0.15) is 0 Å². The van der Waals surface area contributed by atoms with E-state index in [2.05, 4.69) is 232 Å². The molecule has 4 heteroatoms. The third-order valence-corrected chi connectivity index (χ3v) is 15.9. The van der Waals surface area contributed by atoms with E-state index in [1.165, 1.54) is 148 Å². The Morgan fingerprint density at radius 3 is 1.54 bits per heavy atom. The molecule has 5 heterocycles. The lowest BCUT2D eigenvalue weighted by atomic mass is 9.34. The van der Waals surface area contributed by atoms with Gasteiger partial charge in [0, 0.05) is 49.2 Å². The van der Waals surface area contributed by atoms with Gasteiger partial charge in [-0.2, -0.15) is 0 Å². The van der Waals surface area contributed by atoms with E-state index in [0.717, 1.165) is 5.69 Å². The van der Waals surface area contributed by atoms with Gasteiger partial charge in [-0.05, 0) is 120 Å². The van der Waals surface area contributed by atoms with Crippen LogP contribution in [0.15, 0.2) is 218 Å². The van der Waals surface area contributed by atoms with Crippen molar-refractivity contribution in [1.82, 2.24) is 13.7 Å². The van der Waals surface area contributed by atoms with Gasteiger partial charge in [-0.25, -0.2) is 0 Å². The second-order valence-electron chi connectivity index (χ2n) is 19.1. The number of rotatable bonds is 3. The lowest BCUT2D eigenvalue weighted by Gasteiger charge is -2.34. The Bertz CT molecular complexity index is 4510. The van der Waals surface area contributed by atoms with Gasteiger partial charge in [0.05, 0.1) is 33.3 Å². The number of benzene rings is 11. The van der Waals surface area contributed by atoms with Crippen molar-refractivity contribution in [2.24, 2.45) is 0 Å². The summed E-state index contributed by atoms with van der Waals surface area (Å²) >= 11 is 0. The normalized spacial score (nSPS) is 13.0. The predicted molar refractivity (Wildman–Crippen MR) is 287 cm³/mol. The highest BCUT2D eigenvalue weighted by atomic mass is 15.1. The van der Waals surface area contributed by atoms with Crippen LogP contribution in [0.2, 0.25) is 0 Å². The highest BCUT2D eigenvalue weighted by molar-refractivity contribution is 7.00. The molecule has 0 bridgehead atoms. The molecule has 2 aliphatic heterocycles. The molecule has 0 spiro atoms. The fourth-order valence-corrected chi connectivity index (χ4v) is 13.3. The Labute approximate surface area is 391 Å². The first-order chi connectivity index (χ1) is 33.8. The molecule has 0 fully saturated rings. The van der Waals surface area contributed by atoms with E-state index < -0.39 is 0 Å². The summed E-state index contributed by atoms with van der Waals surface area (Å²) in [4.78, 5) is 0. The molecule has 11 aromatic carbocycles. The second-order valence-corrected chi connectivity index (χ2v) is 19.1.